The molecule has 0 bridgehead atoms. The lowest BCUT2D eigenvalue weighted by molar-refractivity contribution is -0.0427. The quantitative estimate of drug-likeness (QED) is 0.629. The molecule has 0 atom stereocenters. The fraction of sp³-hybridized carbons (Fsp3) is 0.222. The number of H-pyrrole nitrogens is 1. The van der Waals surface area contributed by atoms with E-state index in [1.165, 1.54) is 16.9 Å². The third-order valence-electron chi connectivity index (χ3n) is 4.05. The molecule has 0 fully saturated rings. The van der Waals surface area contributed by atoms with Crippen LogP contribution < -0.4 is 10.3 Å². The number of aliphatic hydroxyl groups excluding tert-OH is 1. The molecule has 0 aliphatic heterocycles. The molecular weight excluding hydrogens is 322 g/mol. The minimum atomic E-state index is -1.60. The summed E-state index contributed by atoms with van der Waals surface area (Å²) in [6.45, 7) is 3.74. The number of nitrogens with zero attached hydrogens (tertiary/aromatic N) is 2. The first kappa shape index (κ1) is 16.9. The van der Waals surface area contributed by atoms with Gasteiger partial charge in [0.15, 0.2) is 12.1 Å². The normalized spacial score (nSPS) is 11.1. The summed E-state index contributed by atoms with van der Waals surface area (Å²) in [5.41, 5.74) is 3.02. The van der Waals surface area contributed by atoms with Gasteiger partial charge in [0.05, 0.1) is 12.7 Å². The van der Waals surface area contributed by atoms with E-state index >= 15 is 0 Å². The Morgan fingerprint density at radius 3 is 2.52 bits per heavy atom. The molecule has 0 radical (unpaired) electrons. The molecule has 3 aromatic rings. The summed E-state index contributed by atoms with van der Waals surface area (Å²) < 4.78 is 6.59. The van der Waals surface area contributed by atoms with Crippen molar-refractivity contribution in [3.05, 3.63) is 63.7 Å². The average molecular weight is 341 g/mol. The molecule has 0 aliphatic rings. The number of methoxy groups -OCH3 is 1. The van der Waals surface area contributed by atoms with Gasteiger partial charge in [-0.1, -0.05) is 6.07 Å². The largest absolute Gasteiger partial charge is 0.496 e. The molecule has 7 heteroatoms. The van der Waals surface area contributed by atoms with Crippen molar-refractivity contribution in [3.63, 3.8) is 0 Å². The number of aromatic nitrogens is 3. The fourth-order valence-electron chi connectivity index (χ4n) is 2.76. The Balaban J connectivity index is 2.07. The van der Waals surface area contributed by atoms with Crippen molar-refractivity contribution in [1.29, 1.82) is 0 Å². The number of aromatic amines is 1. The van der Waals surface area contributed by atoms with Gasteiger partial charge in [0.2, 0.25) is 0 Å². The second-order valence-corrected chi connectivity index (χ2v) is 5.76. The molecule has 0 saturated heterocycles. The third kappa shape index (κ3) is 3.07. The predicted octanol–water partition coefficient (Wildman–Crippen LogP) is 1.84. The van der Waals surface area contributed by atoms with Crippen molar-refractivity contribution >= 4 is 0 Å². The van der Waals surface area contributed by atoms with Crippen LogP contribution in [0.25, 0.3) is 16.9 Å². The van der Waals surface area contributed by atoms with Gasteiger partial charge in [0.25, 0.3) is 5.56 Å². The summed E-state index contributed by atoms with van der Waals surface area (Å²) in [5, 5.41) is 21.3. The van der Waals surface area contributed by atoms with Gasteiger partial charge in [0, 0.05) is 17.5 Å². The van der Waals surface area contributed by atoms with Crippen LogP contribution in [0.5, 0.6) is 5.75 Å². The van der Waals surface area contributed by atoms with Gasteiger partial charge >= 0.3 is 0 Å². The first-order valence-electron chi connectivity index (χ1n) is 7.71. The van der Waals surface area contributed by atoms with Crippen LogP contribution in [-0.4, -0.2) is 32.1 Å². The number of pyridine rings is 1. The summed E-state index contributed by atoms with van der Waals surface area (Å²) in [6, 6.07) is 8.63. The highest BCUT2D eigenvalue weighted by Crippen LogP contribution is 2.26. The molecule has 3 N–H and O–H groups in total. The molecule has 130 valence electrons. The van der Waals surface area contributed by atoms with E-state index in [9.17, 15) is 4.79 Å². The van der Waals surface area contributed by atoms with E-state index in [-0.39, 0.29) is 11.1 Å². The van der Waals surface area contributed by atoms with E-state index in [0.717, 1.165) is 16.9 Å². The third-order valence-corrected chi connectivity index (χ3v) is 4.05. The van der Waals surface area contributed by atoms with E-state index < -0.39 is 6.29 Å². The van der Waals surface area contributed by atoms with Crippen LogP contribution in [0.3, 0.4) is 0 Å². The molecule has 0 aliphatic carbocycles. The van der Waals surface area contributed by atoms with E-state index in [0.29, 0.717) is 17.1 Å². The zero-order valence-electron chi connectivity index (χ0n) is 14.1. The lowest BCUT2D eigenvalue weighted by Gasteiger charge is -2.06. The van der Waals surface area contributed by atoms with Crippen LogP contribution in [0.2, 0.25) is 0 Å². The van der Waals surface area contributed by atoms with Crippen molar-refractivity contribution < 1.29 is 14.9 Å². The molecule has 0 saturated carbocycles. The number of hydrogen-bond donors (Lipinski definition) is 3. The Labute approximate surface area is 144 Å². The molecule has 0 spiro atoms. The average Bonchev–Trinajstić information content (AvgIpc) is 2.89. The van der Waals surface area contributed by atoms with Gasteiger partial charge in [-0.05, 0) is 49.2 Å². The Kier molecular flexibility index (Phi) is 4.43. The zero-order chi connectivity index (χ0) is 18.1. The molecule has 3 rings (SSSR count). The van der Waals surface area contributed by atoms with Crippen molar-refractivity contribution in [2.75, 3.05) is 7.11 Å². The summed E-state index contributed by atoms with van der Waals surface area (Å²) in [7, 11) is 1.61. The van der Waals surface area contributed by atoms with Crippen molar-refractivity contribution in [1.82, 2.24) is 14.8 Å². The second kappa shape index (κ2) is 6.54. The Hall–Kier alpha value is -2.90. The highest BCUT2D eigenvalue weighted by Gasteiger charge is 2.16. The number of ether oxygens (including phenoxy) is 1. The van der Waals surface area contributed by atoms with Gasteiger partial charge in [-0.3, -0.25) is 9.89 Å². The Morgan fingerprint density at radius 1 is 1.20 bits per heavy atom. The molecule has 25 heavy (non-hydrogen) atoms. The highest BCUT2D eigenvalue weighted by atomic mass is 16.5. The zero-order valence-corrected chi connectivity index (χ0v) is 14.1. The van der Waals surface area contributed by atoms with E-state index in [4.69, 9.17) is 14.9 Å². The number of benzene rings is 1. The number of aryl methyl sites for hydroxylation is 2. The van der Waals surface area contributed by atoms with Crippen LogP contribution in [-0.2, 0) is 0 Å². The maximum atomic E-state index is 12.8. The molecular formula is C18H19N3O4. The smallest absolute Gasteiger partial charge is 0.280 e. The summed E-state index contributed by atoms with van der Waals surface area (Å²) in [6.07, 6.45) is -0.277. The van der Waals surface area contributed by atoms with Crippen LogP contribution in [0.4, 0.5) is 0 Å². The van der Waals surface area contributed by atoms with E-state index in [1.807, 2.05) is 32.0 Å². The van der Waals surface area contributed by atoms with Crippen LogP contribution in [0.1, 0.15) is 23.1 Å². The van der Waals surface area contributed by atoms with Crippen LogP contribution in [0, 0.1) is 13.8 Å². The second-order valence-electron chi connectivity index (χ2n) is 5.76. The molecule has 7 nitrogen and oxygen atoms in total. The van der Waals surface area contributed by atoms with Crippen molar-refractivity contribution in [3.8, 4) is 22.7 Å². The van der Waals surface area contributed by atoms with E-state index in [2.05, 4.69) is 10.1 Å². The number of rotatable bonds is 4. The summed E-state index contributed by atoms with van der Waals surface area (Å²) >= 11 is 0. The van der Waals surface area contributed by atoms with Gasteiger partial charge < -0.3 is 14.9 Å². The standard InChI is InChI=1S/C18H19N3O4/c1-10-8-12(4-6-14(10)25-3)16-11(2)20-21(17(16)22)15-7-5-13(9-19-15)18(23)24/h4-9,18,20,23-24H,1-3H3. The topological polar surface area (TPSA) is 100 Å². The highest BCUT2D eigenvalue weighted by molar-refractivity contribution is 5.67. The van der Waals surface area contributed by atoms with Crippen molar-refractivity contribution in [2.24, 2.45) is 0 Å². The molecule has 0 unspecified atom stereocenters. The first-order chi connectivity index (χ1) is 11.9. The van der Waals surface area contributed by atoms with E-state index in [1.54, 1.807) is 13.2 Å². The van der Waals surface area contributed by atoms with Gasteiger partial charge in [0.1, 0.15) is 5.75 Å². The minimum Gasteiger partial charge on any atom is -0.496 e. The molecule has 2 aromatic heterocycles. The van der Waals surface area contributed by atoms with Crippen LogP contribution in [0.15, 0.2) is 41.3 Å². The fourth-order valence-corrected chi connectivity index (χ4v) is 2.76. The maximum absolute atomic E-state index is 12.8. The van der Waals surface area contributed by atoms with Gasteiger partial charge in [-0.2, -0.15) is 0 Å². The summed E-state index contributed by atoms with van der Waals surface area (Å²) in [4.78, 5) is 17.0. The Bertz CT molecular complexity index is 955. The summed E-state index contributed by atoms with van der Waals surface area (Å²) in [5.74, 6) is 1.13. The monoisotopic (exact) mass is 341 g/mol. The van der Waals surface area contributed by atoms with Crippen molar-refractivity contribution in [2.45, 2.75) is 20.1 Å². The Morgan fingerprint density at radius 2 is 1.96 bits per heavy atom. The minimum absolute atomic E-state index is 0.230. The SMILES string of the molecule is COc1ccc(-c2c(C)[nH]n(-c3ccc(C(O)O)cn3)c2=O)cc1C. The maximum Gasteiger partial charge on any atom is 0.280 e. The predicted molar refractivity (Wildman–Crippen MR) is 92.8 cm³/mol. The first-order valence-corrected chi connectivity index (χ1v) is 7.71. The molecule has 2 heterocycles. The number of nitrogens with one attached hydrogen (secondary N) is 1. The lowest BCUT2D eigenvalue weighted by Crippen LogP contribution is -2.17. The number of hydrogen-bond acceptors (Lipinski definition) is 5. The van der Waals surface area contributed by atoms with Gasteiger partial charge in [-0.25, -0.2) is 9.67 Å². The molecule has 1 aromatic carbocycles. The van der Waals surface area contributed by atoms with Gasteiger partial charge in [-0.15, -0.1) is 0 Å². The number of aliphatic hydroxyl groups is 2. The lowest BCUT2D eigenvalue weighted by atomic mass is 10.0. The van der Waals surface area contributed by atoms with Crippen LogP contribution >= 0.6 is 0 Å². The molecule has 0 amide bonds.